The van der Waals surface area contributed by atoms with Gasteiger partial charge in [0.2, 0.25) is 0 Å². The summed E-state index contributed by atoms with van der Waals surface area (Å²) in [6.07, 6.45) is 3.38. The molecule has 0 saturated carbocycles. The standard InChI is InChI=1S/C14H16FN3O/c1-3-16-7-11-8-17-14(18-9-11)19-12-5-4-10(2)13(15)6-12/h4-6,8-9,16H,3,7H2,1-2H3. The van der Waals surface area contributed by atoms with E-state index in [1.165, 1.54) is 6.07 Å². The quantitative estimate of drug-likeness (QED) is 0.899. The number of hydrogen-bond donors (Lipinski definition) is 1. The average Bonchev–Trinajstić information content (AvgIpc) is 2.42. The Morgan fingerprint density at radius 3 is 2.63 bits per heavy atom. The van der Waals surface area contributed by atoms with Crippen LogP contribution in [0, 0.1) is 12.7 Å². The number of nitrogens with one attached hydrogen (secondary N) is 1. The van der Waals surface area contributed by atoms with Gasteiger partial charge in [0.25, 0.3) is 0 Å². The lowest BCUT2D eigenvalue weighted by Gasteiger charge is -2.06. The molecule has 4 nitrogen and oxygen atoms in total. The highest BCUT2D eigenvalue weighted by atomic mass is 19.1. The van der Waals surface area contributed by atoms with Gasteiger partial charge in [0.15, 0.2) is 0 Å². The summed E-state index contributed by atoms with van der Waals surface area (Å²) in [4.78, 5) is 8.17. The van der Waals surface area contributed by atoms with Crippen molar-refractivity contribution in [3.8, 4) is 11.8 Å². The molecule has 0 fully saturated rings. The van der Waals surface area contributed by atoms with Crippen LogP contribution in [0.2, 0.25) is 0 Å². The number of aromatic nitrogens is 2. The summed E-state index contributed by atoms with van der Waals surface area (Å²) >= 11 is 0. The molecule has 5 heteroatoms. The predicted octanol–water partition coefficient (Wildman–Crippen LogP) is 2.83. The average molecular weight is 261 g/mol. The normalized spacial score (nSPS) is 10.5. The molecule has 100 valence electrons. The zero-order valence-corrected chi connectivity index (χ0v) is 11.0. The zero-order chi connectivity index (χ0) is 13.7. The third-order valence-corrected chi connectivity index (χ3v) is 2.61. The minimum absolute atomic E-state index is 0.212. The molecule has 2 aromatic rings. The first-order chi connectivity index (χ1) is 9.19. The lowest BCUT2D eigenvalue weighted by atomic mass is 10.2. The van der Waals surface area contributed by atoms with Gasteiger partial charge >= 0.3 is 6.01 Å². The first-order valence-corrected chi connectivity index (χ1v) is 6.14. The summed E-state index contributed by atoms with van der Waals surface area (Å²) in [5.41, 5.74) is 1.55. The molecule has 0 unspecified atom stereocenters. The molecule has 0 bridgehead atoms. The topological polar surface area (TPSA) is 47.0 Å². The molecule has 0 aliphatic rings. The van der Waals surface area contributed by atoms with Gasteiger partial charge in [-0.2, -0.15) is 0 Å². The van der Waals surface area contributed by atoms with Gasteiger partial charge in [-0.1, -0.05) is 13.0 Å². The highest BCUT2D eigenvalue weighted by molar-refractivity contribution is 5.29. The van der Waals surface area contributed by atoms with E-state index in [1.54, 1.807) is 31.5 Å². The number of ether oxygens (including phenoxy) is 1. The molecular weight excluding hydrogens is 245 g/mol. The third kappa shape index (κ3) is 3.72. The smallest absolute Gasteiger partial charge is 0.321 e. The summed E-state index contributed by atoms with van der Waals surface area (Å²) in [5, 5.41) is 3.18. The number of nitrogens with zero attached hydrogens (tertiary/aromatic N) is 2. The van der Waals surface area contributed by atoms with Gasteiger partial charge in [0.05, 0.1) is 0 Å². The van der Waals surface area contributed by atoms with Crippen LogP contribution in [0.4, 0.5) is 4.39 Å². The molecule has 0 aliphatic heterocycles. The van der Waals surface area contributed by atoms with Gasteiger partial charge in [-0.05, 0) is 25.1 Å². The van der Waals surface area contributed by atoms with E-state index in [-0.39, 0.29) is 11.8 Å². The lowest BCUT2D eigenvalue weighted by Crippen LogP contribution is -2.12. The van der Waals surface area contributed by atoms with Crippen molar-refractivity contribution in [2.45, 2.75) is 20.4 Å². The van der Waals surface area contributed by atoms with Crippen LogP contribution in [0.3, 0.4) is 0 Å². The number of benzene rings is 1. The summed E-state index contributed by atoms with van der Waals surface area (Å²) in [6.45, 7) is 5.34. The van der Waals surface area contributed by atoms with E-state index in [9.17, 15) is 4.39 Å². The molecule has 1 aromatic heterocycles. The number of rotatable bonds is 5. The number of aryl methyl sites for hydroxylation is 1. The first kappa shape index (κ1) is 13.4. The van der Waals surface area contributed by atoms with E-state index in [4.69, 9.17) is 4.74 Å². The van der Waals surface area contributed by atoms with E-state index in [2.05, 4.69) is 15.3 Å². The van der Waals surface area contributed by atoms with E-state index >= 15 is 0 Å². The van der Waals surface area contributed by atoms with Crippen LogP contribution >= 0.6 is 0 Å². The summed E-state index contributed by atoms with van der Waals surface area (Å²) in [5.74, 6) is 0.0869. The SMILES string of the molecule is CCNCc1cnc(Oc2ccc(C)c(F)c2)nc1. The Morgan fingerprint density at radius 2 is 2.00 bits per heavy atom. The maximum atomic E-state index is 13.4. The molecule has 19 heavy (non-hydrogen) atoms. The van der Waals surface area contributed by atoms with Crippen molar-refractivity contribution < 1.29 is 9.13 Å². The van der Waals surface area contributed by atoms with Crippen LogP contribution in [0.5, 0.6) is 11.8 Å². The van der Waals surface area contributed by atoms with E-state index < -0.39 is 0 Å². The van der Waals surface area contributed by atoms with Crippen LogP contribution in [0.25, 0.3) is 0 Å². The Labute approximate surface area is 111 Å². The molecule has 0 radical (unpaired) electrons. The van der Waals surface area contributed by atoms with Crippen LogP contribution in [-0.4, -0.2) is 16.5 Å². The Morgan fingerprint density at radius 1 is 1.26 bits per heavy atom. The minimum Gasteiger partial charge on any atom is -0.424 e. The van der Waals surface area contributed by atoms with Gasteiger partial charge in [0, 0.05) is 30.6 Å². The highest BCUT2D eigenvalue weighted by Gasteiger charge is 2.04. The molecule has 1 N–H and O–H groups in total. The molecule has 0 amide bonds. The third-order valence-electron chi connectivity index (χ3n) is 2.61. The van der Waals surface area contributed by atoms with Gasteiger partial charge in [-0.15, -0.1) is 0 Å². The first-order valence-electron chi connectivity index (χ1n) is 6.14. The molecule has 0 saturated heterocycles. The molecule has 2 rings (SSSR count). The Kier molecular flexibility index (Phi) is 4.41. The summed E-state index contributed by atoms with van der Waals surface area (Å²) < 4.78 is 18.7. The van der Waals surface area contributed by atoms with Crippen LogP contribution in [0.15, 0.2) is 30.6 Å². The predicted molar refractivity (Wildman–Crippen MR) is 70.6 cm³/mol. The lowest BCUT2D eigenvalue weighted by molar-refractivity contribution is 0.436. The second-order valence-electron chi connectivity index (χ2n) is 4.17. The Bertz CT molecular complexity index is 543. The van der Waals surface area contributed by atoms with E-state index in [0.29, 0.717) is 11.3 Å². The van der Waals surface area contributed by atoms with Crippen molar-refractivity contribution in [3.05, 3.63) is 47.5 Å². The van der Waals surface area contributed by atoms with Gasteiger partial charge in [0.1, 0.15) is 11.6 Å². The molecule has 0 aliphatic carbocycles. The Balaban J connectivity index is 2.04. The van der Waals surface area contributed by atoms with Crippen molar-refractivity contribution in [3.63, 3.8) is 0 Å². The maximum Gasteiger partial charge on any atom is 0.321 e. The Hall–Kier alpha value is -2.01. The van der Waals surface area contributed by atoms with Gasteiger partial charge < -0.3 is 10.1 Å². The number of hydrogen-bond acceptors (Lipinski definition) is 4. The van der Waals surface area contributed by atoms with Crippen molar-refractivity contribution in [2.75, 3.05) is 6.54 Å². The molecular formula is C14H16FN3O. The maximum absolute atomic E-state index is 13.4. The van der Waals surface area contributed by atoms with Crippen molar-refractivity contribution in [2.24, 2.45) is 0 Å². The second kappa shape index (κ2) is 6.24. The summed E-state index contributed by atoms with van der Waals surface area (Å²) in [7, 11) is 0. The van der Waals surface area contributed by atoms with Crippen molar-refractivity contribution in [1.82, 2.24) is 15.3 Å². The molecule has 0 spiro atoms. The zero-order valence-electron chi connectivity index (χ0n) is 11.0. The fourth-order valence-electron chi connectivity index (χ4n) is 1.50. The largest absolute Gasteiger partial charge is 0.424 e. The van der Waals surface area contributed by atoms with Gasteiger partial charge in [-0.3, -0.25) is 0 Å². The van der Waals surface area contributed by atoms with Crippen molar-refractivity contribution in [1.29, 1.82) is 0 Å². The fourth-order valence-corrected chi connectivity index (χ4v) is 1.50. The van der Waals surface area contributed by atoms with E-state index in [1.807, 2.05) is 6.92 Å². The minimum atomic E-state index is -0.304. The second-order valence-corrected chi connectivity index (χ2v) is 4.17. The molecule has 1 aromatic carbocycles. The van der Waals surface area contributed by atoms with Crippen LogP contribution in [0.1, 0.15) is 18.1 Å². The summed E-state index contributed by atoms with van der Waals surface area (Å²) in [6, 6.07) is 4.88. The monoisotopic (exact) mass is 261 g/mol. The van der Waals surface area contributed by atoms with Crippen molar-refractivity contribution >= 4 is 0 Å². The van der Waals surface area contributed by atoms with Gasteiger partial charge in [-0.25, -0.2) is 14.4 Å². The number of halogens is 1. The van der Waals surface area contributed by atoms with Crippen LogP contribution in [-0.2, 0) is 6.54 Å². The van der Waals surface area contributed by atoms with E-state index in [0.717, 1.165) is 18.7 Å². The molecule has 1 heterocycles. The molecule has 0 atom stereocenters. The highest BCUT2D eigenvalue weighted by Crippen LogP contribution is 2.20. The fraction of sp³-hybridized carbons (Fsp3) is 0.286. The van der Waals surface area contributed by atoms with Crippen LogP contribution < -0.4 is 10.1 Å².